The first kappa shape index (κ1) is 16.8. The standard InChI is InChI=1S/C20H18N4O3/c25-19-12-14(22-20(26)18-10-11-21-23-18)13-24(19)15-6-8-17(9-7-15)27-16-4-2-1-3-5-16/h1-11,14H,12-13H2,(H,21,23)(H,22,26). The van der Waals surface area contributed by atoms with E-state index in [0.717, 1.165) is 11.4 Å². The lowest BCUT2D eigenvalue weighted by atomic mass is 10.2. The molecule has 1 aliphatic rings. The second kappa shape index (κ2) is 7.33. The van der Waals surface area contributed by atoms with Gasteiger partial charge in [0.1, 0.15) is 17.2 Å². The number of nitrogens with zero attached hydrogens (tertiary/aromatic N) is 2. The largest absolute Gasteiger partial charge is 0.457 e. The lowest BCUT2D eigenvalue weighted by molar-refractivity contribution is -0.117. The fraction of sp³-hybridized carbons (Fsp3) is 0.150. The molecule has 2 aromatic carbocycles. The summed E-state index contributed by atoms with van der Waals surface area (Å²) < 4.78 is 5.77. The molecule has 1 atom stereocenters. The van der Waals surface area contributed by atoms with Crippen LogP contribution in [-0.4, -0.2) is 34.6 Å². The predicted molar refractivity (Wildman–Crippen MR) is 99.8 cm³/mol. The van der Waals surface area contributed by atoms with E-state index in [1.165, 1.54) is 6.20 Å². The van der Waals surface area contributed by atoms with Crippen LogP contribution in [0.5, 0.6) is 11.5 Å². The van der Waals surface area contributed by atoms with Crippen LogP contribution in [0, 0.1) is 0 Å². The molecule has 1 aliphatic heterocycles. The number of carbonyl (C=O) groups is 2. The first-order valence-corrected chi connectivity index (χ1v) is 8.62. The summed E-state index contributed by atoms with van der Waals surface area (Å²) >= 11 is 0. The molecule has 0 saturated carbocycles. The smallest absolute Gasteiger partial charge is 0.269 e. The summed E-state index contributed by atoms with van der Waals surface area (Å²) in [6.07, 6.45) is 1.78. The molecule has 1 aromatic heterocycles. The summed E-state index contributed by atoms with van der Waals surface area (Å²) in [5, 5.41) is 9.23. The lowest BCUT2D eigenvalue weighted by Gasteiger charge is -2.17. The van der Waals surface area contributed by atoms with Crippen LogP contribution in [-0.2, 0) is 4.79 Å². The number of carbonyl (C=O) groups excluding carboxylic acids is 2. The minimum absolute atomic E-state index is 0.0263. The monoisotopic (exact) mass is 362 g/mol. The molecule has 7 heteroatoms. The van der Waals surface area contributed by atoms with Crippen LogP contribution in [0.4, 0.5) is 5.69 Å². The average Bonchev–Trinajstić information content (AvgIpc) is 3.33. The van der Waals surface area contributed by atoms with Crippen molar-refractivity contribution in [2.45, 2.75) is 12.5 Å². The highest BCUT2D eigenvalue weighted by Crippen LogP contribution is 2.27. The third-order valence-electron chi connectivity index (χ3n) is 4.33. The zero-order valence-corrected chi connectivity index (χ0v) is 14.5. The van der Waals surface area contributed by atoms with E-state index in [4.69, 9.17) is 4.74 Å². The van der Waals surface area contributed by atoms with Crippen molar-refractivity contribution in [2.24, 2.45) is 0 Å². The Morgan fingerprint density at radius 1 is 1.07 bits per heavy atom. The fourth-order valence-corrected chi connectivity index (χ4v) is 3.02. The van der Waals surface area contributed by atoms with Crippen LogP contribution in [0.1, 0.15) is 16.9 Å². The van der Waals surface area contributed by atoms with Crippen molar-refractivity contribution < 1.29 is 14.3 Å². The van der Waals surface area contributed by atoms with Gasteiger partial charge in [-0.15, -0.1) is 0 Å². The highest BCUT2D eigenvalue weighted by molar-refractivity contribution is 5.98. The molecule has 4 rings (SSSR count). The molecule has 0 aliphatic carbocycles. The molecule has 1 saturated heterocycles. The molecule has 2 heterocycles. The van der Waals surface area contributed by atoms with Crippen molar-refractivity contribution >= 4 is 17.5 Å². The van der Waals surface area contributed by atoms with Crippen molar-refractivity contribution in [3.05, 3.63) is 72.6 Å². The number of hydrogen-bond donors (Lipinski definition) is 2. The summed E-state index contributed by atoms with van der Waals surface area (Å²) in [5.41, 5.74) is 1.15. The first-order chi connectivity index (χ1) is 13.2. The van der Waals surface area contributed by atoms with Crippen molar-refractivity contribution in [2.75, 3.05) is 11.4 Å². The van der Waals surface area contributed by atoms with Gasteiger partial charge >= 0.3 is 0 Å². The number of anilines is 1. The molecule has 27 heavy (non-hydrogen) atoms. The van der Waals surface area contributed by atoms with Gasteiger partial charge in [0.15, 0.2) is 0 Å². The van der Waals surface area contributed by atoms with E-state index in [1.807, 2.05) is 54.6 Å². The number of H-pyrrole nitrogens is 1. The molecule has 3 aromatic rings. The zero-order valence-electron chi connectivity index (χ0n) is 14.5. The summed E-state index contributed by atoms with van der Waals surface area (Å²) in [6.45, 7) is 0.428. The Bertz CT molecular complexity index is 924. The number of aromatic nitrogens is 2. The maximum absolute atomic E-state index is 12.4. The Balaban J connectivity index is 1.39. The molecule has 136 valence electrons. The van der Waals surface area contributed by atoms with Crippen molar-refractivity contribution in [3.63, 3.8) is 0 Å². The van der Waals surface area contributed by atoms with Gasteiger partial charge in [-0.05, 0) is 42.5 Å². The maximum atomic E-state index is 12.4. The second-order valence-electron chi connectivity index (χ2n) is 6.26. The summed E-state index contributed by atoms with van der Waals surface area (Å²) in [4.78, 5) is 26.1. The minimum Gasteiger partial charge on any atom is -0.457 e. The number of amides is 2. The van der Waals surface area contributed by atoms with Crippen LogP contribution >= 0.6 is 0 Å². The molecule has 2 amide bonds. The molecule has 0 spiro atoms. The molecular formula is C20H18N4O3. The van der Waals surface area contributed by atoms with Crippen LogP contribution in [0.25, 0.3) is 0 Å². The highest BCUT2D eigenvalue weighted by atomic mass is 16.5. The van der Waals surface area contributed by atoms with Crippen molar-refractivity contribution in [3.8, 4) is 11.5 Å². The van der Waals surface area contributed by atoms with E-state index in [-0.39, 0.29) is 24.3 Å². The van der Waals surface area contributed by atoms with Crippen LogP contribution in [0.2, 0.25) is 0 Å². The van der Waals surface area contributed by atoms with Crippen molar-refractivity contribution in [1.29, 1.82) is 0 Å². The molecule has 2 N–H and O–H groups in total. The average molecular weight is 362 g/mol. The SMILES string of the molecule is O=C(NC1CC(=O)N(c2ccc(Oc3ccccc3)cc2)C1)c1ccn[nH]1. The number of benzene rings is 2. The lowest BCUT2D eigenvalue weighted by Crippen LogP contribution is -2.37. The third-order valence-corrected chi connectivity index (χ3v) is 4.33. The van der Waals surface area contributed by atoms with Gasteiger partial charge in [0.2, 0.25) is 5.91 Å². The van der Waals surface area contributed by atoms with E-state index in [0.29, 0.717) is 18.0 Å². The summed E-state index contributed by atoms with van der Waals surface area (Å²) in [7, 11) is 0. The number of aromatic amines is 1. The second-order valence-corrected chi connectivity index (χ2v) is 6.26. The topological polar surface area (TPSA) is 87.3 Å². The van der Waals surface area contributed by atoms with E-state index in [2.05, 4.69) is 15.5 Å². The summed E-state index contributed by atoms with van der Waals surface area (Å²) in [6, 6.07) is 18.2. The molecule has 1 fully saturated rings. The number of rotatable bonds is 5. The molecular weight excluding hydrogens is 344 g/mol. The number of ether oxygens (including phenoxy) is 1. The molecule has 0 radical (unpaired) electrons. The fourth-order valence-electron chi connectivity index (χ4n) is 3.02. The van der Waals surface area contributed by atoms with Crippen LogP contribution < -0.4 is 15.0 Å². The molecule has 0 bridgehead atoms. The Hall–Kier alpha value is -3.61. The van der Waals surface area contributed by atoms with Gasteiger partial charge in [-0.3, -0.25) is 14.7 Å². The van der Waals surface area contributed by atoms with Gasteiger partial charge in [-0.1, -0.05) is 18.2 Å². The third kappa shape index (κ3) is 3.82. The summed E-state index contributed by atoms with van der Waals surface area (Å²) in [5.74, 6) is 1.16. The Kier molecular flexibility index (Phi) is 4.57. The maximum Gasteiger partial charge on any atom is 0.269 e. The van der Waals surface area contributed by atoms with Crippen LogP contribution in [0.15, 0.2) is 66.9 Å². The van der Waals surface area contributed by atoms with Gasteiger partial charge in [0.05, 0.1) is 6.04 Å². The Morgan fingerprint density at radius 2 is 1.81 bits per heavy atom. The number of nitrogens with one attached hydrogen (secondary N) is 2. The molecule has 7 nitrogen and oxygen atoms in total. The van der Waals surface area contributed by atoms with Crippen molar-refractivity contribution in [1.82, 2.24) is 15.5 Å². The van der Waals surface area contributed by atoms with E-state index in [1.54, 1.807) is 11.0 Å². The van der Waals surface area contributed by atoms with E-state index in [9.17, 15) is 9.59 Å². The van der Waals surface area contributed by atoms with Gasteiger partial charge in [-0.25, -0.2) is 0 Å². The Morgan fingerprint density at radius 3 is 2.52 bits per heavy atom. The van der Waals surface area contributed by atoms with E-state index < -0.39 is 0 Å². The van der Waals surface area contributed by atoms with Gasteiger partial charge < -0.3 is 15.0 Å². The minimum atomic E-state index is -0.265. The predicted octanol–water partition coefficient (Wildman–Crippen LogP) is 2.74. The highest BCUT2D eigenvalue weighted by Gasteiger charge is 2.31. The van der Waals surface area contributed by atoms with Gasteiger partial charge in [0, 0.05) is 24.8 Å². The molecule has 1 unspecified atom stereocenters. The van der Waals surface area contributed by atoms with Gasteiger partial charge in [0.25, 0.3) is 5.91 Å². The Labute approximate surface area is 156 Å². The normalized spacial score (nSPS) is 16.4. The van der Waals surface area contributed by atoms with E-state index >= 15 is 0 Å². The quantitative estimate of drug-likeness (QED) is 0.731. The van der Waals surface area contributed by atoms with Gasteiger partial charge in [-0.2, -0.15) is 5.10 Å². The number of hydrogen-bond acceptors (Lipinski definition) is 4. The number of para-hydroxylation sites is 1. The zero-order chi connectivity index (χ0) is 18.6. The first-order valence-electron chi connectivity index (χ1n) is 8.62. The van der Waals surface area contributed by atoms with Crippen LogP contribution in [0.3, 0.4) is 0 Å².